The van der Waals surface area contributed by atoms with Crippen LogP contribution in [0.1, 0.15) is 37.0 Å². The summed E-state index contributed by atoms with van der Waals surface area (Å²) in [5, 5.41) is 1.85. The van der Waals surface area contributed by atoms with E-state index in [0.717, 1.165) is 16.5 Å². The maximum atomic E-state index is 13.8. The van der Waals surface area contributed by atoms with Crippen molar-refractivity contribution < 1.29 is 18.7 Å². The molecule has 0 fully saturated rings. The Balaban J connectivity index is 1.86. The lowest BCUT2D eigenvalue weighted by atomic mass is 9.90. The van der Waals surface area contributed by atoms with E-state index in [0.29, 0.717) is 37.7 Å². The van der Waals surface area contributed by atoms with Gasteiger partial charge in [0, 0.05) is 11.6 Å². The van der Waals surface area contributed by atoms with Crippen LogP contribution in [0.5, 0.6) is 5.75 Å². The van der Waals surface area contributed by atoms with Gasteiger partial charge in [-0.05, 0) is 49.7 Å². The number of methoxy groups -OCH3 is 1. The first kappa shape index (κ1) is 22.9. The lowest BCUT2D eigenvalue weighted by Crippen LogP contribution is -2.40. The lowest BCUT2D eigenvalue weighted by molar-refractivity contribution is -0.139. The van der Waals surface area contributed by atoms with E-state index in [2.05, 4.69) is 4.99 Å². The second-order valence-electron chi connectivity index (χ2n) is 8.15. The van der Waals surface area contributed by atoms with Crippen LogP contribution >= 0.6 is 11.3 Å². The number of rotatable bonds is 5. The zero-order valence-electron chi connectivity index (χ0n) is 19.8. The third kappa shape index (κ3) is 3.89. The van der Waals surface area contributed by atoms with Gasteiger partial charge in [0.05, 0.1) is 29.5 Å². The van der Waals surface area contributed by atoms with E-state index in [1.165, 1.54) is 11.3 Å². The number of hydrogen-bond acceptors (Lipinski definition) is 7. The molecule has 0 bridgehead atoms. The fraction of sp³-hybridized carbons (Fsp3) is 0.222. The predicted octanol–water partition coefficient (Wildman–Crippen LogP) is 3.86. The van der Waals surface area contributed by atoms with E-state index in [9.17, 15) is 9.59 Å². The summed E-state index contributed by atoms with van der Waals surface area (Å²) < 4.78 is 18.9. The van der Waals surface area contributed by atoms with Crippen molar-refractivity contribution in [1.29, 1.82) is 0 Å². The van der Waals surface area contributed by atoms with Gasteiger partial charge in [0.2, 0.25) is 0 Å². The van der Waals surface area contributed by atoms with Crippen LogP contribution in [0.4, 0.5) is 0 Å². The number of furan rings is 1. The largest absolute Gasteiger partial charge is 0.496 e. The Labute approximate surface area is 205 Å². The molecule has 0 saturated carbocycles. The van der Waals surface area contributed by atoms with Crippen LogP contribution in [0, 0.1) is 6.92 Å². The highest BCUT2D eigenvalue weighted by atomic mass is 32.1. The van der Waals surface area contributed by atoms with E-state index < -0.39 is 12.0 Å². The van der Waals surface area contributed by atoms with Gasteiger partial charge >= 0.3 is 5.97 Å². The quantitative estimate of drug-likeness (QED) is 0.399. The summed E-state index contributed by atoms with van der Waals surface area (Å²) in [6.45, 7) is 5.57. The van der Waals surface area contributed by atoms with Crippen LogP contribution in [0.15, 0.2) is 74.0 Å². The van der Waals surface area contributed by atoms with Crippen LogP contribution in [-0.4, -0.2) is 24.3 Å². The second-order valence-corrected chi connectivity index (χ2v) is 9.16. The highest BCUT2D eigenvalue weighted by molar-refractivity contribution is 7.07. The van der Waals surface area contributed by atoms with Gasteiger partial charge in [-0.1, -0.05) is 41.7 Å². The molecule has 7 nitrogen and oxygen atoms in total. The molecule has 178 valence electrons. The molecule has 0 radical (unpaired) electrons. The second kappa shape index (κ2) is 9.03. The van der Waals surface area contributed by atoms with Gasteiger partial charge in [0.15, 0.2) is 4.80 Å². The lowest BCUT2D eigenvalue weighted by Gasteiger charge is -2.27. The number of aryl methyl sites for hydroxylation is 1. The SMILES string of the molecule is CCOC(=O)C1=C(C)N=c2sc(=Cc3ccc(C)o3)c(=O)n2C1c1c(OC)ccc2ccccc12. The van der Waals surface area contributed by atoms with Crippen molar-refractivity contribution in [3.05, 3.63) is 96.6 Å². The smallest absolute Gasteiger partial charge is 0.338 e. The third-order valence-corrected chi connectivity index (χ3v) is 6.96. The van der Waals surface area contributed by atoms with Crippen molar-refractivity contribution in [1.82, 2.24) is 4.57 Å². The van der Waals surface area contributed by atoms with E-state index in [4.69, 9.17) is 13.9 Å². The van der Waals surface area contributed by atoms with Gasteiger partial charge in [0.1, 0.15) is 23.3 Å². The van der Waals surface area contributed by atoms with Gasteiger partial charge in [-0.3, -0.25) is 9.36 Å². The normalized spacial score (nSPS) is 15.8. The molecule has 0 saturated heterocycles. The van der Waals surface area contributed by atoms with E-state index in [1.54, 1.807) is 31.6 Å². The number of nitrogens with zero attached hydrogens (tertiary/aromatic N) is 2. The van der Waals surface area contributed by atoms with Crippen LogP contribution in [-0.2, 0) is 9.53 Å². The molecule has 0 spiro atoms. The van der Waals surface area contributed by atoms with Crippen LogP contribution in [0.2, 0.25) is 0 Å². The minimum atomic E-state index is -0.771. The van der Waals surface area contributed by atoms with E-state index in [1.807, 2.05) is 55.5 Å². The van der Waals surface area contributed by atoms with Crippen LogP contribution in [0.3, 0.4) is 0 Å². The summed E-state index contributed by atoms with van der Waals surface area (Å²) in [5.41, 5.74) is 1.26. The van der Waals surface area contributed by atoms with Gasteiger partial charge in [-0.25, -0.2) is 9.79 Å². The Morgan fingerprint density at radius 2 is 1.97 bits per heavy atom. The summed E-state index contributed by atoms with van der Waals surface area (Å²) in [5.74, 6) is 1.39. The zero-order valence-corrected chi connectivity index (χ0v) is 20.6. The molecule has 5 rings (SSSR count). The Morgan fingerprint density at radius 3 is 2.69 bits per heavy atom. The minimum absolute atomic E-state index is 0.206. The third-order valence-electron chi connectivity index (χ3n) is 5.98. The average molecular weight is 489 g/mol. The van der Waals surface area contributed by atoms with Crippen LogP contribution < -0.4 is 19.6 Å². The van der Waals surface area contributed by atoms with E-state index in [-0.39, 0.29) is 12.2 Å². The molecule has 0 aliphatic carbocycles. The number of aromatic nitrogens is 1. The van der Waals surface area contributed by atoms with Gasteiger partial charge in [-0.15, -0.1) is 0 Å². The minimum Gasteiger partial charge on any atom is -0.496 e. The van der Waals surface area contributed by atoms with Crippen molar-refractivity contribution in [2.75, 3.05) is 13.7 Å². The first-order chi connectivity index (χ1) is 16.9. The Bertz CT molecular complexity index is 1670. The predicted molar refractivity (Wildman–Crippen MR) is 134 cm³/mol. The number of carbonyl (C=O) groups excluding carboxylic acids is 1. The number of carbonyl (C=O) groups is 1. The highest BCUT2D eigenvalue weighted by Crippen LogP contribution is 2.40. The molecule has 35 heavy (non-hydrogen) atoms. The van der Waals surface area contributed by atoms with Crippen molar-refractivity contribution in [2.24, 2.45) is 4.99 Å². The number of ether oxygens (including phenoxy) is 2. The molecule has 0 amide bonds. The molecule has 0 N–H and O–H groups in total. The Kier molecular flexibility index (Phi) is 5.90. The Morgan fingerprint density at radius 1 is 1.17 bits per heavy atom. The van der Waals surface area contributed by atoms with Gasteiger partial charge in [0.25, 0.3) is 5.56 Å². The first-order valence-electron chi connectivity index (χ1n) is 11.2. The maximum Gasteiger partial charge on any atom is 0.338 e. The summed E-state index contributed by atoms with van der Waals surface area (Å²) in [7, 11) is 1.58. The molecular formula is C27H24N2O5S. The number of esters is 1. The fourth-order valence-corrected chi connectivity index (χ4v) is 5.49. The summed E-state index contributed by atoms with van der Waals surface area (Å²) in [6, 6.07) is 14.5. The number of fused-ring (bicyclic) bond motifs is 2. The summed E-state index contributed by atoms with van der Waals surface area (Å²) in [6.07, 6.45) is 1.71. The molecule has 3 heterocycles. The molecule has 1 unspecified atom stereocenters. The topological polar surface area (TPSA) is 83.0 Å². The summed E-state index contributed by atoms with van der Waals surface area (Å²) in [4.78, 5) is 32.2. The monoisotopic (exact) mass is 488 g/mol. The zero-order chi connectivity index (χ0) is 24.7. The highest BCUT2D eigenvalue weighted by Gasteiger charge is 2.36. The van der Waals surface area contributed by atoms with Crippen molar-refractivity contribution >= 4 is 34.2 Å². The van der Waals surface area contributed by atoms with Crippen molar-refractivity contribution in [2.45, 2.75) is 26.8 Å². The number of allylic oxidation sites excluding steroid dienone is 1. The molecule has 2 aromatic carbocycles. The molecule has 4 aromatic rings. The van der Waals surface area contributed by atoms with Gasteiger partial charge in [-0.2, -0.15) is 0 Å². The van der Waals surface area contributed by atoms with Crippen molar-refractivity contribution in [3.8, 4) is 5.75 Å². The fourth-order valence-electron chi connectivity index (χ4n) is 4.46. The van der Waals surface area contributed by atoms with Crippen molar-refractivity contribution in [3.63, 3.8) is 0 Å². The number of benzene rings is 2. The molecule has 1 aliphatic heterocycles. The maximum absolute atomic E-state index is 13.8. The van der Waals surface area contributed by atoms with Gasteiger partial charge < -0.3 is 13.9 Å². The number of thiazole rings is 1. The van der Waals surface area contributed by atoms with E-state index >= 15 is 0 Å². The first-order valence-corrected chi connectivity index (χ1v) is 12.1. The average Bonchev–Trinajstić information content (AvgIpc) is 3.39. The molecule has 8 heteroatoms. The molecule has 1 atom stereocenters. The summed E-state index contributed by atoms with van der Waals surface area (Å²) >= 11 is 1.26. The Hall–Kier alpha value is -3.91. The standard InChI is InChI=1S/C27H24N2O5S/c1-5-33-26(31)22-16(3)28-27-29(25(30)21(35-27)14-18-12-10-15(2)34-18)24(22)23-19-9-7-6-8-17(19)11-13-20(23)32-4/h6-14,24H,5H2,1-4H3. The van der Waals surface area contributed by atoms with Crippen LogP contribution in [0.25, 0.3) is 16.8 Å². The molecular weight excluding hydrogens is 464 g/mol. The number of hydrogen-bond donors (Lipinski definition) is 0. The molecule has 1 aliphatic rings. The molecule has 2 aromatic heterocycles.